The number of thiazole rings is 1. The summed E-state index contributed by atoms with van der Waals surface area (Å²) in [5, 5.41) is 5.81. The van der Waals surface area contributed by atoms with Crippen LogP contribution in [-0.2, 0) is 11.3 Å². The highest BCUT2D eigenvalue weighted by molar-refractivity contribution is 7.13. The van der Waals surface area contributed by atoms with E-state index >= 15 is 0 Å². The number of carbonyl (C=O) groups excluding carboxylic acids is 1. The topological polar surface area (TPSA) is 65.4 Å². The van der Waals surface area contributed by atoms with Crippen LogP contribution in [0.2, 0.25) is 0 Å². The first-order chi connectivity index (χ1) is 14.7. The molecular weight excluding hydrogens is 398 g/mol. The number of ether oxygens (including phenoxy) is 2. The zero-order valence-corrected chi connectivity index (χ0v) is 17.5. The normalized spacial score (nSPS) is 10.6. The Morgan fingerprint density at radius 1 is 1.03 bits per heavy atom. The maximum Gasteiger partial charge on any atom is 0.244 e. The smallest absolute Gasteiger partial charge is 0.244 e. The van der Waals surface area contributed by atoms with Crippen molar-refractivity contribution in [3.8, 4) is 33.5 Å². The minimum Gasteiger partial charge on any atom is -0.493 e. The van der Waals surface area contributed by atoms with Crippen molar-refractivity contribution in [3.05, 3.63) is 72.2 Å². The standard InChI is InChI=1S/C23H21N3O3S/c1-28-20-11-10-17(13-21(20)29-2)24-22(27)14-26-12-6-9-19(26)23-25-18(15-30-23)16-7-4-3-5-8-16/h3-13,15H,14H2,1-2H3,(H,24,27). The summed E-state index contributed by atoms with van der Waals surface area (Å²) in [6.07, 6.45) is 1.88. The van der Waals surface area contributed by atoms with Crippen LogP contribution in [0.3, 0.4) is 0 Å². The average molecular weight is 420 g/mol. The summed E-state index contributed by atoms with van der Waals surface area (Å²) >= 11 is 1.56. The molecule has 0 saturated heterocycles. The van der Waals surface area contributed by atoms with E-state index in [1.165, 1.54) is 0 Å². The fraction of sp³-hybridized carbons (Fsp3) is 0.130. The largest absolute Gasteiger partial charge is 0.493 e. The fourth-order valence-corrected chi connectivity index (χ4v) is 4.02. The Morgan fingerprint density at radius 3 is 2.60 bits per heavy atom. The van der Waals surface area contributed by atoms with Gasteiger partial charge in [-0.1, -0.05) is 30.3 Å². The van der Waals surface area contributed by atoms with E-state index in [0.717, 1.165) is 22.0 Å². The van der Waals surface area contributed by atoms with E-state index in [9.17, 15) is 4.79 Å². The lowest BCUT2D eigenvalue weighted by Gasteiger charge is -2.11. The van der Waals surface area contributed by atoms with Crippen LogP contribution >= 0.6 is 11.3 Å². The van der Waals surface area contributed by atoms with Crippen molar-refractivity contribution in [2.75, 3.05) is 19.5 Å². The number of amides is 1. The number of benzene rings is 2. The predicted octanol–water partition coefficient (Wildman–Crippen LogP) is 4.93. The van der Waals surface area contributed by atoms with Gasteiger partial charge in [-0.25, -0.2) is 4.98 Å². The quantitative estimate of drug-likeness (QED) is 0.461. The molecule has 4 rings (SSSR count). The number of carbonyl (C=O) groups is 1. The lowest BCUT2D eigenvalue weighted by atomic mass is 10.2. The summed E-state index contributed by atoms with van der Waals surface area (Å²) < 4.78 is 12.4. The summed E-state index contributed by atoms with van der Waals surface area (Å²) in [6, 6.07) is 19.2. The molecule has 2 aromatic heterocycles. The van der Waals surface area contributed by atoms with Gasteiger partial charge in [0.1, 0.15) is 11.6 Å². The van der Waals surface area contributed by atoms with Crippen LogP contribution in [0.1, 0.15) is 0 Å². The summed E-state index contributed by atoms with van der Waals surface area (Å²) in [5.74, 6) is 1.04. The molecule has 7 heteroatoms. The van der Waals surface area contributed by atoms with Crippen LogP contribution in [0.25, 0.3) is 22.0 Å². The van der Waals surface area contributed by atoms with Gasteiger partial charge in [-0.05, 0) is 24.3 Å². The van der Waals surface area contributed by atoms with E-state index < -0.39 is 0 Å². The third-order valence-corrected chi connectivity index (χ3v) is 5.47. The van der Waals surface area contributed by atoms with Gasteiger partial charge in [0, 0.05) is 28.9 Å². The number of nitrogens with zero attached hydrogens (tertiary/aromatic N) is 2. The van der Waals surface area contributed by atoms with Crippen molar-refractivity contribution in [1.82, 2.24) is 9.55 Å². The maximum atomic E-state index is 12.6. The highest BCUT2D eigenvalue weighted by Gasteiger charge is 2.13. The summed E-state index contributed by atoms with van der Waals surface area (Å²) in [5.41, 5.74) is 3.55. The van der Waals surface area contributed by atoms with Crippen LogP contribution in [0.15, 0.2) is 72.2 Å². The monoisotopic (exact) mass is 419 g/mol. The van der Waals surface area contributed by atoms with Crippen LogP contribution in [0.5, 0.6) is 11.5 Å². The highest BCUT2D eigenvalue weighted by Crippen LogP contribution is 2.31. The van der Waals surface area contributed by atoms with E-state index in [4.69, 9.17) is 14.5 Å². The molecule has 0 atom stereocenters. The van der Waals surface area contributed by atoms with E-state index in [1.54, 1.807) is 43.8 Å². The number of aromatic nitrogens is 2. The summed E-state index contributed by atoms with van der Waals surface area (Å²) in [4.78, 5) is 17.4. The lowest BCUT2D eigenvalue weighted by Crippen LogP contribution is -2.18. The first-order valence-corrected chi connectivity index (χ1v) is 10.2. The molecule has 1 N–H and O–H groups in total. The van der Waals surface area contributed by atoms with Gasteiger partial charge in [0.2, 0.25) is 5.91 Å². The Balaban J connectivity index is 1.49. The average Bonchev–Trinajstić information content (AvgIpc) is 3.43. The Labute approximate surface area is 178 Å². The molecule has 6 nitrogen and oxygen atoms in total. The van der Waals surface area contributed by atoms with Crippen molar-refractivity contribution in [3.63, 3.8) is 0 Å². The molecule has 0 bridgehead atoms. The summed E-state index contributed by atoms with van der Waals surface area (Å²) in [7, 11) is 3.14. The number of methoxy groups -OCH3 is 2. The first kappa shape index (κ1) is 19.7. The zero-order valence-electron chi connectivity index (χ0n) is 16.7. The van der Waals surface area contributed by atoms with Crippen molar-refractivity contribution in [2.45, 2.75) is 6.54 Å². The number of rotatable bonds is 7. The van der Waals surface area contributed by atoms with E-state index in [1.807, 2.05) is 58.6 Å². The van der Waals surface area contributed by atoms with Gasteiger partial charge in [-0.2, -0.15) is 0 Å². The van der Waals surface area contributed by atoms with Crippen molar-refractivity contribution in [1.29, 1.82) is 0 Å². The van der Waals surface area contributed by atoms with E-state index in [-0.39, 0.29) is 12.5 Å². The second kappa shape index (κ2) is 8.84. The number of nitrogens with one attached hydrogen (secondary N) is 1. The van der Waals surface area contributed by atoms with Crippen molar-refractivity contribution >= 4 is 22.9 Å². The maximum absolute atomic E-state index is 12.6. The van der Waals surface area contributed by atoms with Gasteiger partial charge in [-0.15, -0.1) is 11.3 Å². The van der Waals surface area contributed by atoms with Gasteiger partial charge in [0.05, 0.1) is 25.6 Å². The number of hydrogen-bond acceptors (Lipinski definition) is 5. The van der Waals surface area contributed by atoms with Crippen LogP contribution in [-0.4, -0.2) is 29.7 Å². The summed E-state index contributed by atoms with van der Waals surface area (Å²) in [6.45, 7) is 0.178. The van der Waals surface area contributed by atoms with Crippen molar-refractivity contribution < 1.29 is 14.3 Å². The third kappa shape index (κ3) is 4.21. The Bertz CT molecular complexity index is 1150. The van der Waals surface area contributed by atoms with Gasteiger partial charge in [-0.3, -0.25) is 4.79 Å². The Kier molecular flexibility index (Phi) is 5.81. The van der Waals surface area contributed by atoms with Crippen LogP contribution in [0.4, 0.5) is 5.69 Å². The molecule has 0 unspecified atom stereocenters. The van der Waals surface area contributed by atoms with Gasteiger partial charge in [0.25, 0.3) is 0 Å². The molecule has 2 aromatic carbocycles. The molecule has 0 aliphatic heterocycles. The molecule has 4 aromatic rings. The number of hydrogen-bond donors (Lipinski definition) is 1. The molecule has 2 heterocycles. The molecule has 1 amide bonds. The van der Waals surface area contributed by atoms with Gasteiger partial charge >= 0.3 is 0 Å². The lowest BCUT2D eigenvalue weighted by molar-refractivity contribution is -0.116. The fourth-order valence-electron chi connectivity index (χ4n) is 3.15. The number of anilines is 1. The minimum absolute atomic E-state index is 0.139. The third-order valence-electron chi connectivity index (χ3n) is 4.60. The molecule has 152 valence electrons. The van der Waals surface area contributed by atoms with Crippen molar-refractivity contribution in [2.24, 2.45) is 0 Å². The Hall–Kier alpha value is -3.58. The highest BCUT2D eigenvalue weighted by atomic mass is 32.1. The Morgan fingerprint density at radius 2 is 1.83 bits per heavy atom. The molecule has 0 spiro atoms. The molecular formula is C23H21N3O3S. The second-order valence-corrected chi connectivity index (χ2v) is 7.40. The molecule has 0 radical (unpaired) electrons. The van der Waals surface area contributed by atoms with E-state index in [2.05, 4.69) is 5.32 Å². The minimum atomic E-state index is -0.139. The predicted molar refractivity (Wildman–Crippen MR) is 119 cm³/mol. The van der Waals surface area contributed by atoms with Gasteiger partial charge in [0.15, 0.2) is 11.5 Å². The SMILES string of the molecule is COc1ccc(NC(=O)Cn2cccc2-c2nc(-c3ccccc3)cs2)cc1OC. The molecule has 0 fully saturated rings. The van der Waals surface area contributed by atoms with Gasteiger partial charge < -0.3 is 19.4 Å². The molecule has 30 heavy (non-hydrogen) atoms. The molecule has 0 aliphatic rings. The first-order valence-electron chi connectivity index (χ1n) is 9.36. The van der Waals surface area contributed by atoms with Crippen LogP contribution in [0, 0.1) is 0 Å². The molecule has 0 saturated carbocycles. The second-order valence-electron chi connectivity index (χ2n) is 6.54. The zero-order chi connectivity index (χ0) is 20.9. The van der Waals surface area contributed by atoms with Crippen LogP contribution < -0.4 is 14.8 Å². The van der Waals surface area contributed by atoms with E-state index in [0.29, 0.717) is 17.2 Å². The molecule has 0 aliphatic carbocycles.